The van der Waals surface area contributed by atoms with Crippen molar-refractivity contribution in [2.24, 2.45) is 5.41 Å². The Balaban J connectivity index is 1.68. The minimum Gasteiger partial charge on any atom is -0.349 e. The van der Waals surface area contributed by atoms with Gasteiger partial charge in [-0.05, 0) is 41.5 Å². The van der Waals surface area contributed by atoms with Crippen molar-refractivity contribution in [3.8, 4) is 0 Å². The maximum Gasteiger partial charge on any atom is 0.119 e. The van der Waals surface area contributed by atoms with Crippen LogP contribution in [-0.4, -0.2) is 17.4 Å². The van der Waals surface area contributed by atoms with E-state index in [1.165, 1.54) is 38.6 Å². The number of nitrogens with zero attached hydrogens (tertiary/aromatic N) is 2. The lowest BCUT2D eigenvalue weighted by Gasteiger charge is -2.38. The zero-order valence-corrected chi connectivity index (χ0v) is 20.9. The normalized spacial score (nSPS) is 18.2. The molecule has 0 spiro atoms. The Bertz CT molecular complexity index is 1220. The molecule has 0 aliphatic carbocycles. The summed E-state index contributed by atoms with van der Waals surface area (Å²) in [6.07, 6.45) is 1.35. The number of nitrogens with one attached hydrogen (secondary N) is 1. The van der Waals surface area contributed by atoms with Gasteiger partial charge in [0.1, 0.15) is 6.17 Å². The summed E-state index contributed by atoms with van der Waals surface area (Å²) < 4.78 is 2.34. The molecule has 5 rings (SSSR count). The van der Waals surface area contributed by atoms with Gasteiger partial charge >= 0.3 is 0 Å². The molecule has 0 saturated carbocycles. The summed E-state index contributed by atoms with van der Waals surface area (Å²) in [6, 6.07) is 24.4. The zero-order valence-electron chi connectivity index (χ0n) is 20.9. The molecule has 0 amide bonds. The molecule has 4 aromatic rings. The van der Waals surface area contributed by atoms with Gasteiger partial charge in [-0.2, -0.15) is 0 Å². The predicted molar refractivity (Wildman–Crippen MR) is 143 cm³/mol. The van der Waals surface area contributed by atoms with Crippen LogP contribution in [0.5, 0.6) is 0 Å². The molecule has 1 N–H and O–H groups in total. The summed E-state index contributed by atoms with van der Waals surface area (Å²) in [5.41, 5.74) is 11.0. The van der Waals surface area contributed by atoms with E-state index in [-0.39, 0.29) is 11.6 Å². The molecule has 3 nitrogen and oxygen atoms in total. The van der Waals surface area contributed by atoms with Crippen LogP contribution in [-0.2, 0) is 0 Å². The molecule has 1 unspecified atom stereocenters. The van der Waals surface area contributed by atoms with Crippen LogP contribution in [0.3, 0.4) is 0 Å². The Kier molecular flexibility index (Phi) is 5.39. The second-order valence-corrected chi connectivity index (χ2v) is 10.9. The molecule has 1 fully saturated rings. The van der Waals surface area contributed by atoms with Crippen LogP contribution in [0.25, 0.3) is 21.8 Å². The quantitative estimate of drug-likeness (QED) is 0.342. The molecule has 172 valence electrons. The summed E-state index contributed by atoms with van der Waals surface area (Å²) in [5, 5.41) is 2.60. The molecule has 3 aromatic carbocycles. The van der Waals surface area contributed by atoms with Crippen molar-refractivity contribution in [1.82, 2.24) is 4.68 Å². The van der Waals surface area contributed by atoms with Gasteiger partial charge in [0.05, 0.1) is 11.0 Å². The number of aromatic nitrogens is 1. The lowest BCUT2D eigenvalue weighted by Crippen LogP contribution is -2.47. The van der Waals surface area contributed by atoms with Gasteiger partial charge in [-0.1, -0.05) is 96.1 Å². The van der Waals surface area contributed by atoms with E-state index in [0.717, 1.165) is 13.0 Å². The fourth-order valence-corrected chi connectivity index (χ4v) is 5.61. The first-order valence-electron chi connectivity index (χ1n) is 12.4. The van der Waals surface area contributed by atoms with E-state index >= 15 is 0 Å². The standard InChI is InChI=1S/C30H37N3/c1-20(2)22-14-11-15-23(21(3)4)28(22)32-19-18-30(5,6)29(32)31-33-26-16-9-7-12-24(26)25-13-8-10-17-27(25)33/h7-17,20-21,29,31H,18-19H2,1-6H3. The number of fused-ring (bicyclic) bond motifs is 3. The minimum atomic E-state index is 0.130. The average molecular weight is 440 g/mol. The lowest BCUT2D eigenvalue weighted by atomic mass is 9.88. The molecule has 1 saturated heterocycles. The van der Waals surface area contributed by atoms with E-state index in [4.69, 9.17) is 0 Å². The summed E-state index contributed by atoms with van der Waals surface area (Å²) in [7, 11) is 0. The highest BCUT2D eigenvalue weighted by Crippen LogP contribution is 2.44. The lowest BCUT2D eigenvalue weighted by molar-refractivity contribution is 0.337. The molecule has 1 aromatic heterocycles. The smallest absolute Gasteiger partial charge is 0.119 e. The van der Waals surface area contributed by atoms with Crippen LogP contribution in [0.1, 0.15) is 70.9 Å². The number of benzene rings is 3. The van der Waals surface area contributed by atoms with Crippen LogP contribution in [0, 0.1) is 5.41 Å². The third kappa shape index (κ3) is 3.58. The van der Waals surface area contributed by atoms with E-state index in [1.54, 1.807) is 0 Å². The Morgan fingerprint density at radius 2 is 1.27 bits per heavy atom. The summed E-state index contributed by atoms with van der Waals surface area (Å²) >= 11 is 0. The fraction of sp³-hybridized carbons (Fsp3) is 0.400. The molecule has 1 aliphatic heterocycles. The average Bonchev–Trinajstić information content (AvgIpc) is 3.28. The summed E-state index contributed by atoms with van der Waals surface area (Å²) in [5.74, 6) is 0.965. The van der Waals surface area contributed by atoms with Crippen LogP contribution in [0.2, 0.25) is 0 Å². The van der Waals surface area contributed by atoms with Gasteiger partial charge in [-0.15, -0.1) is 0 Å². The molecule has 1 atom stereocenters. The van der Waals surface area contributed by atoms with E-state index in [0.29, 0.717) is 11.8 Å². The van der Waals surface area contributed by atoms with Crippen molar-refractivity contribution in [3.63, 3.8) is 0 Å². The van der Waals surface area contributed by atoms with Crippen molar-refractivity contribution in [3.05, 3.63) is 77.9 Å². The van der Waals surface area contributed by atoms with Crippen LogP contribution in [0.4, 0.5) is 5.69 Å². The molecule has 1 aliphatic rings. The monoisotopic (exact) mass is 439 g/mol. The van der Waals surface area contributed by atoms with Crippen LogP contribution < -0.4 is 10.3 Å². The molecular formula is C30H37N3. The molecule has 0 radical (unpaired) electrons. The minimum absolute atomic E-state index is 0.130. The first kappa shape index (κ1) is 21.9. The first-order valence-corrected chi connectivity index (χ1v) is 12.4. The highest BCUT2D eigenvalue weighted by Gasteiger charge is 2.42. The number of hydrogen-bond acceptors (Lipinski definition) is 2. The third-order valence-corrected chi connectivity index (χ3v) is 7.51. The van der Waals surface area contributed by atoms with Gasteiger partial charge < -0.3 is 10.3 Å². The van der Waals surface area contributed by atoms with Crippen molar-refractivity contribution in [2.75, 3.05) is 16.9 Å². The van der Waals surface area contributed by atoms with E-state index < -0.39 is 0 Å². The van der Waals surface area contributed by atoms with Crippen molar-refractivity contribution < 1.29 is 0 Å². The second-order valence-electron chi connectivity index (χ2n) is 10.9. The van der Waals surface area contributed by atoms with Crippen molar-refractivity contribution in [1.29, 1.82) is 0 Å². The summed E-state index contributed by atoms with van der Waals surface area (Å²) in [4.78, 5) is 2.66. The van der Waals surface area contributed by atoms with Crippen LogP contribution in [0.15, 0.2) is 66.7 Å². The third-order valence-electron chi connectivity index (χ3n) is 7.51. The number of hydrogen-bond donors (Lipinski definition) is 1. The number of anilines is 1. The zero-order chi connectivity index (χ0) is 23.3. The molecule has 3 heteroatoms. The Hall–Kier alpha value is -2.94. The largest absolute Gasteiger partial charge is 0.349 e. The molecular weight excluding hydrogens is 402 g/mol. The van der Waals surface area contributed by atoms with Crippen molar-refractivity contribution in [2.45, 2.75) is 66.0 Å². The maximum absolute atomic E-state index is 4.02. The topological polar surface area (TPSA) is 20.2 Å². The fourth-order valence-electron chi connectivity index (χ4n) is 5.61. The number of para-hydroxylation sites is 3. The highest BCUT2D eigenvalue weighted by atomic mass is 15.5. The van der Waals surface area contributed by atoms with Gasteiger partial charge in [0.15, 0.2) is 0 Å². The molecule has 2 heterocycles. The Morgan fingerprint density at radius 3 is 1.79 bits per heavy atom. The van der Waals surface area contributed by atoms with Gasteiger partial charge in [0.2, 0.25) is 0 Å². The van der Waals surface area contributed by atoms with Gasteiger partial charge in [0.25, 0.3) is 0 Å². The SMILES string of the molecule is CC(C)c1cccc(C(C)C)c1N1CCC(C)(C)C1Nn1c2ccccc2c2ccccc21. The predicted octanol–water partition coefficient (Wildman–Crippen LogP) is 7.85. The van der Waals surface area contributed by atoms with Gasteiger partial charge in [-0.3, -0.25) is 4.68 Å². The Labute approximate surface area is 198 Å². The van der Waals surface area contributed by atoms with E-state index in [2.05, 4.69) is 123 Å². The Morgan fingerprint density at radius 1 is 0.758 bits per heavy atom. The van der Waals surface area contributed by atoms with E-state index in [9.17, 15) is 0 Å². The number of rotatable bonds is 5. The summed E-state index contributed by atoms with van der Waals surface area (Å²) in [6.45, 7) is 15.2. The van der Waals surface area contributed by atoms with Crippen molar-refractivity contribution >= 4 is 27.5 Å². The highest BCUT2D eigenvalue weighted by molar-refractivity contribution is 6.08. The van der Waals surface area contributed by atoms with Gasteiger partial charge in [0, 0.05) is 28.4 Å². The van der Waals surface area contributed by atoms with Gasteiger partial charge in [-0.25, -0.2) is 0 Å². The van der Waals surface area contributed by atoms with Crippen LogP contribution >= 0.6 is 0 Å². The molecule has 33 heavy (non-hydrogen) atoms. The first-order chi connectivity index (χ1) is 15.8. The maximum atomic E-state index is 4.02. The molecule has 0 bridgehead atoms. The van der Waals surface area contributed by atoms with E-state index in [1.807, 2.05) is 0 Å². The second kappa shape index (κ2) is 8.13.